The Labute approximate surface area is 90.1 Å². The van der Waals surface area contributed by atoms with Crippen molar-refractivity contribution in [2.45, 2.75) is 25.4 Å². The van der Waals surface area contributed by atoms with Gasteiger partial charge in [0.2, 0.25) is 0 Å². The van der Waals surface area contributed by atoms with Gasteiger partial charge in [0.1, 0.15) is 11.9 Å². The minimum absolute atomic E-state index is 0.0209. The van der Waals surface area contributed by atoms with Gasteiger partial charge >= 0.3 is 11.7 Å². The molecule has 1 aromatic rings. The lowest BCUT2D eigenvalue weighted by atomic mass is 9.82. The number of aromatic nitrogens is 2. The molecular weight excluding hydrogens is 218 g/mol. The highest BCUT2D eigenvalue weighted by Crippen LogP contribution is 2.32. The van der Waals surface area contributed by atoms with Gasteiger partial charge in [0.05, 0.1) is 10.3 Å². The van der Waals surface area contributed by atoms with E-state index in [-0.39, 0.29) is 11.4 Å². The number of aromatic amines is 1. The standard InChI is InChI=1S/C8H11N3O5/c1-8(2,6(12)7(13)14)5-4(11(15)16)3-9-10-5/h3,6,12H,1-2H3,(H,9,10)(H,13,14). The third-order valence-corrected chi connectivity index (χ3v) is 2.38. The van der Waals surface area contributed by atoms with Crippen molar-refractivity contribution in [2.75, 3.05) is 0 Å². The van der Waals surface area contributed by atoms with Crippen LogP contribution in [-0.4, -0.2) is 37.4 Å². The largest absolute Gasteiger partial charge is 0.479 e. The van der Waals surface area contributed by atoms with Crippen LogP contribution in [0.5, 0.6) is 0 Å². The van der Waals surface area contributed by atoms with E-state index in [0.29, 0.717) is 0 Å². The topological polar surface area (TPSA) is 129 Å². The molecule has 1 rings (SSSR count). The molecule has 88 valence electrons. The van der Waals surface area contributed by atoms with Crippen LogP contribution in [0.3, 0.4) is 0 Å². The van der Waals surface area contributed by atoms with E-state index in [1.807, 2.05) is 0 Å². The Bertz CT molecular complexity index is 425. The summed E-state index contributed by atoms with van der Waals surface area (Å²) in [7, 11) is 0. The van der Waals surface area contributed by atoms with Crippen molar-refractivity contribution >= 4 is 11.7 Å². The van der Waals surface area contributed by atoms with Crippen molar-refractivity contribution in [3.05, 3.63) is 22.0 Å². The first-order valence-electron chi connectivity index (χ1n) is 4.37. The van der Waals surface area contributed by atoms with E-state index in [2.05, 4.69) is 10.2 Å². The number of carbonyl (C=O) groups is 1. The zero-order chi connectivity index (χ0) is 12.5. The second-order valence-electron chi connectivity index (χ2n) is 3.85. The lowest BCUT2D eigenvalue weighted by Crippen LogP contribution is -2.40. The smallest absolute Gasteiger partial charge is 0.333 e. The number of aliphatic hydroxyl groups is 1. The molecule has 0 fully saturated rings. The fourth-order valence-electron chi connectivity index (χ4n) is 1.34. The summed E-state index contributed by atoms with van der Waals surface area (Å²) in [6, 6.07) is 0. The zero-order valence-corrected chi connectivity index (χ0v) is 8.67. The average Bonchev–Trinajstić information content (AvgIpc) is 2.65. The molecule has 3 N–H and O–H groups in total. The predicted octanol–water partition coefficient (Wildman–Crippen LogP) is 0.0410. The maximum Gasteiger partial charge on any atom is 0.333 e. The van der Waals surface area contributed by atoms with Crippen LogP contribution >= 0.6 is 0 Å². The molecule has 8 heteroatoms. The van der Waals surface area contributed by atoms with Crippen molar-refractivity contribution in [3.63, 3.8) is 0 Å². The van der Waals surface area contributed by atoms with Crippen LogP contribution in [0.1, 0.15) is 19.5 Å². The van der Waals surface area contributed by atoms with Gasteiger partial charge < -0.3 is 10.2 Å². The van der Waals surface area contributed by atoms with Gasteiger partial charge in [-0.15, -0.1) is 0 Å². The predicted molar refractivity (Wildman–Crippen MR) is 51.9 cm³/mol. The maximum absolute atomic E-state index is 10.7. The van der Waals surface area contributed by atoms with Crippen molar-refractivity contribution in [1.29, 1.82) is 0 Å². The number of carboxylic acid groups (broad SMARTS) is 1. The molecule has 1 heterocycles. The highest BCUT2D eigenvalue weighted by molar-refractivity contribution is 5.74. The number of carboxylic acids is 1. The van der Waals surface area contributed by atoms with E-state index >= 15 is 0 Å². The summed E-state index contributed by atoms with van der Waals surface area (Å²) in [6.07, 6.45) is -0.780. The monoisotopic (exact) mass is 229 g/mol. The molecule has 0 aromatic carbocycles. The molecule has 0 saturated carbocycles. The highest BCUT2D eigenvalue weighted by Gasteiger charge is 2.41. The minimum atomic E-state index is -1.76. The quantitative estimate of drug-likeness (QED) is 0.493. The van der Waals surface area contributed by atoms with E-state index in [9.17, 15) is 20.0 Å². The lowest BCUT2D eigenvalue weighted by Gasteiger charge is -2.25. The molecule has 0 bridgehead atoms. The third kappa shape index (κ3) is 1.87. The summed E-state index contributed by atoms with van der Waals surface area (Å²) < 4.78 is 0. The summed E-state index contributed by atoms with van der Waals surface area (Å²) in [5.41, 5.74) is -1.69. The lowest BCUT2D eigenvalue weighted by molar-refractivity contribution is -0.386. The number of nitrogens with zero attached hydrogens (tertiary/aromatic N) is 2. The fourth-order valence-corrected chi connectivity index (χ4v) is 1.34. The molecule has 1 aromatic heterocycles. The molecule has 1 atom stereocenters. The van der Waals surface area contributed by atoms with Crippen LogP contribution in [-0.2, 0) is 10.2 Å². The number of nitro groups is 1. The first-order chi connectivity index (χ1) is 7.28. The maximum atomic E-state index is 10.7. The molecule has 0 radical (unpaired) electrons. The summed E-state index contributed by atoms with van der Waals surface area (Å²) in [5, 5.41) is 34.6. The molecule has 0 aliphatic carbocycles. The van der Waals surface area contributed by atoms with Crippen LogP contribution < -0.4 is 0 Å². The summed E-state index contributed by atoms with van der Waals surface area (Å²) in [5.74, 6) is -1.45. The van der Waals surface area contributed by atoms with Gasteiger partial charge in [0.15, 0.2) is 6.10 Å². The number of aliphatic carboxylic acids is 1. The first kappa shape index (κ1) is 12.1. The van der Waals surface area contributed by atoms with Crippen LogP contribution in [0.25, 0.3) is 0 Å². The Hall–Kier alpha value is -1.96. The van der Waals surface area contributed by atoms with Crippen LogP contribution in [0.2, 0.25) is 0 Å². The Morgan fingerprint density at radius 1 is 1.69 bits per heavy atom. The molecular formula is C8H11N3O5. The molecule has 0 amide bonds. The molecule has 1 unspecified atom stereocenters. The van der Waals surface area contributed by atoms with Crippen LogP contribution in [0.15, 0.2) is 6.20 Å². The number of nitrogens with one attached hydrogen (secondary N) is 1. The Balaban J connectivity index is 3.21. The van der Waals surface area contributed by atoms with Crippen molar-refractivity contribution in [2.24, 2.45) is 0 Å². The number of rotatable bonds is 4. The Morgan fingerprint density at radius 3 is 2.69 bits per heavy atom. The van der Waals surface area contributed by atoms with Gasteiger partial charge in [0.25, 0.3) is 0 Å². The molecule has 0 saturated heterocycles. The summed E-state index contributed by atoms with van der Waals surface area (Å²) in [4.78, 5) is 20.6. The number of H-pyrrole nitrogens is 1. The average molecular weight is 229 g/mol. The highest BCUT2D eigenvalue weighted by atomic mass is 16.6. The summed E-state index contributed by atoms with van der Waals surface area (Å²) in [6.45, 7) is 2.76. The SMILES string of the molecule is CC(C)(c1[nH]ncc1[N+](=O)[O-])C(O)C(=O)O. The second kappa shape index (κ2) is 3.89. The number of aliphatic hydroxyl groups excluding tert-OH is 1. The molecule has 0 aliphatic rings. The third-order valence-electron chi connectivity index (χ3n) is 2.38. The molecule has 16 heavy (non-hydrogen) atoms. The van der Waals surface area contributed by atoms with Crippen molar-refractivity contribution in [1.82, 2.24) is 10.2 Å². The van der Waals surface area contributed by atoms with E-state index in [0.717, 1.165) is 6.20 Å². The summed E-state index contributed by atoms with van der Waals surface area (Å²) >= 11 is 0. The first-order valence-corrected chi connectivity index (χ1v) is 4.37. The fraction of sp³-hybridized carbons (Fsp3) is 0.500. The Morgan fingerprint density at radius 2 is 2.25 bits per heavy atom. The van der Waals surface area contributed by atoms with Gasteiger partial charge in [-0.1, -0.05) is 13.8 Å². The van der Waals surface area contributed by atoms with Gasteiger partial charge in [0, 0.05) is 0 Å². The Kier molecular flexibility index (Phi) is 2.95. The van der Waals surface area contributed by atoms with Gasteiger partial charge in [-0.25, -0.2) is 4.79 Å². The molecule has 8 nitrogen and oxygen atoms in total. The minimum Gasteiger partial charge on any atom is -0.479 e. The van der Waals surface area contributed by atoms with Gasteiger partial charge in [-0.05, 0) is 0 Å². The van der Waals surface area contributed by atoms with E-state index in [4.69, 9.17) is 5.11 Å². The second-order valence-corrected chi connectivity index (χ2v) is 3.85. The van der Waals surface area contributed by atoms with Crippen LogP contribution in [0.4, 0.5) is 5.69 Å². The van der Waals surface area contributed by atoms with Crippen molar-refractivity contribution in [3.8, 4) is 0 Å². The van der Waals surface area contributed by atoms with Gasteiger partial charge in [-0.3, -0.25) is 15.2 Å². The van der Waals surface area contributed by atoms with Gasteiger partial charge in [-0.2, -0.15) is 5.10 Å². The molecule has 0 aliphatic heterocycles. The van der Waals surface area contributed by atoms with Crippen LogP contribution in [0, 0.1) is 10.1 Å². The molecule has 0 spiro atoms. The van der Waals surface area contributed by atoms with E-state index in [1.165, 1.54) is 13.8 Å². The number of hydrogen-bond acceptors (Lipinski definition) is 5. The number of hydrogen-bond donors (Lipinski definition) is 3. The normalized spacial score (nSPS) is 13.4. The van der Waals surface area contributed by atoms with E-state index < -0.39 is 22.4 Å². The van der Waals surface area contributed by atoms with Crippen molar-refractivity contribution < 1.29 is 19.9 Å². The zero-order valence-electron chi connectivity index (χ0n) is 8.67. The van der Waals surface area contributed by atoms with E-state index in [1.54, 1.807) is 0 Å².